The van der Waals surface area contributed by atoms with E-state index in [9.17, 15) is 31.2 Å². The number of aliphatic carboxylic acids is 2. The van der Waals surface area contributed by atoms with Crippen LogP contribution in [0.1, 0.15) is 27.0 Å². The number of carboxylic acid groups (broad SMARTS) is 2. The molecule has 20 heteroatoms. The summed E-state index contributed by atoms with van der Waals surface area (Å²) >= 11 is 12.3. The monoisotopic (exact) mass is 873 g/mol. The van der Waals surface area contributed by atoms with Gasteiger partial charge in [0.05, 0.1) is 44.4 Å². The molecule has 0 unspecified atom stereocenters. The second-order valence-corrected chi connectivity index (χ2v) is 16.0. The molecule has 0 aliphatic heterocycles. The summed E-state index contributed by atoms with van der Waals surface area (Å²) in [5.41, 5.74) is 2.95. The maximum atomic E-state index is 13.2. The van der Waals surface area contributed by atoms with Crippen LogP contribution in [0, 0.1) is 22.7 Å². The summed E-state index contributed by atoms with van der Waals surface area (Å²) in [5, 5.41) is 37.0. The van der Waals surface area contributed by atoms with E-state index in [1.165, 1.54) is 58.8 Å². The fourth-order valence-electron chi connectivity index (χ4n) is 5.09. The predicted octanol–water partition coefficient (Wildman–Crippen LogP) is 5.87. The number of hydrogen-bond donors (Lipinski definition) is 3. The molecule has 4 heterocycles. The van der Waals surface area contributed by atoms with E-state index < -0.39 is 32.0 Å². The van der Waals surface area contributed by atoms with Gasteiger partial charge in [-0.05, 0) is 85.4 Å². The van der Waals surface area contributed by atoms with Gasteiger partial charge in [-0.25, -0.2) is 44.3 Å². The van der Waals surface area contributed by atoms with Crippen molar-refractivity contribution in [3.63, 3.8) is 0 Å². The summed E-state index contributed by atoms with van der Waals surface area (Å²) in [6, 6.07) is 25.2. The van der Waals surface area contributed by atoms with Crippen LogP contribution in [0.25, 0.3) is 22.5 Å². The Hall–Kier alpha value is -6.93. The lowest BCUT2D eigenvalue weighted by molar-refractivity contribution is -0.134. The molecular weight excluding hydrogens is 846 g/mol. The van der Waals surface area contributed by atoms with Gasteiger partial charge in [-0.15, -0.1) is 0 Å². The number of nitriles is 2. The average Bonchev–Trinajstić information content (AvgIpc) is 3.87. The molecule has 0 aliphatic carbocycles. The second kappa shape index (κ2) is 20.0. The number of carboxylic acids is 2. The molecule has 0 radical (unpaired) electrons. The zero-order valence-electron chi connectivity index (χ0n) is 30.3. The highest BCUT2D eigenvalue weighted by Gasteiger charge is 2.25. The van der Waals surface area contributed by atoms with E-state index in [2.05, 4.69) is 15.3 Å². The molecule has 16 nitrogen and oxygen atoms in total. The first-order valence-electron chi connectivity index (χ1n) is 16.5. The maximum Gasteiger partial charge on any atom is 0.328 e. The first-order chi connectivity index (χ1) is 28.1. The fraction of sp³-hybridized carbons (Fsp3) is 0.0513. The van der Waals surface area contributed by atoms with E-state index in [0.29, 0.717) is 41.8 Å². The smallest absolute Gasteiger partial charge is 0.328 e. The zero-order valence-corrected chi connectivity index (χ0v) is 33.5. The van der Waals surface area contributed by atoms with Crippen molar-refractivity contribution in [2.75, 3.05) is 7.05 Å². The fourth-order valence-corrected chi connectivity index (χ4v) is 8.39. The number of nitrogens with zero attached hydrogens (tertiary/aromatic N) is 6. The highest BCUT2D eigenvalue weighted by molar-refractivity contribution is 7.90. The molecule has 0 fully saturated rings. The lowest BCUT2D eigenvalue weighted by Gasteiger charge is -2.11. The van der Waals surface area contributed by atoms with E-state index in [1.807, 2.05) is 12.1 Å². The lowest BCUT2D eigenvalue weighted by atomic mass is 10.2. The molecule has 0 atom stereocenters. The van der Waals surface area contributed by atoms with Gasteiger partial charge in [-0.1, -0.05) is 35.3 Å². The summed E-state index contributed by atoms with van der Waals surface area (Å²) < 4.78 is 54.6. The largest absolute Gasteiger partial charge is 0.478 e. The van der Waals surface area contributed by atoms with E-state index >= 15 is 0 Å². The second-order valence-electron chi connectivity index (χ2n) is 11.6. The number of benzene rings is 2. The lowest BCUT2D eigenvalue weighted by Crippen LogP contribution is -2.14. The third kappa shape index (κ3) is 11.1. The van der Waals surface area contributed by atoms with Crippen LogP contribution in [0.4, 0.5) is 0 Å². The molecule has 3 N–H and O–H groups in total. The minimum Gasteiger partial charge on any atom is -0.478 e. The third-order valence-electron chi connectivity index (χ3n) is 7.65. The zero-order chi connectivity index (χ0) is 43.3. The van der Waals surface area contributed by atoms with Crippen LogP contribution < -0.4 is 5.32 Å². The van der Waals surface area contributed by atoms with Crippen LogP contribution in [-0.2, 0) is 36.2 Å². The number of nitrogens with one attached hydrogen (secondary N) is 1. The van der Waals surface area contributed by atoms with Gasteiger partial charge in [0, 0.05) is 60.2 Å². The molecule has 6 aromatic rings. The first kappa shape index (κ1) is 44.8. The molecule has 2 aromatic carbocycles. The Morgan fingerprint density at radius 3 is 1.59 bits per heavy atom. The SMILES string of the molecule is CNCc1cc(-c2cccnc2Cl)n(S(=O)(=O)c2cccc(C#N)c2)c1.N#Cc1cccc(S(=O)(=O)n2cc(C=O)cc2-c2cccnc2Cl)c1.O=C(O)/C=C/C(=O)O. The predicted molar refractivity (Wildman–Crippen MR) is 215 cm³/mol. The van der Waals surface area contributed by atoms with E-state index in [1.54, 1.807) is 61.9 Å². The molecule has 0 aliphatic rings. The minimum absolute atomic E-state index is 0.0319. The summed E-state index contributed by atoms with van der Waals surface area (Å²) in [7, 11) is -6.17. The quantitative estimate of drug-likeness (QED) is 0.0782. The summed E-state index contributed by atoms with van der Waals surface area (Å²) in [5.74, 6) is -2.51. The van der Waals surface area contributed by atoms with Crippen molar-refractivity contribution in [2.24, 2.45) is 0 Å². The number of hydrogen-bond acceptors (Lipinski definition) is 12. The van der Waals surface area contributed by atoms with Gasteiger partial charge in [0.25, 0.3) is 20.0 Å². The Balaban J connectivity index is 0.000000221. The van der Waals surface area contributed by atoms with E-state index in [4.69, 9.17) is 43.9 Å². The van der Waals surface area contributed by atoms with Crippen LogP contribution in [0.5, 0.6) is 0 Å². The van der Waals surface area contributed by atoms with Crippen LogP contribution >= 0.6 is 23.2 Å². The number of carbonyl (C=O) groups excluding carboxylic acids is 1. The van der Waals surface area contributed by atoms with E-state index in [0.717, 1.165) is 9.54 Å². The normalized spacial score (nSPS) is 10.9. The Morgan fingerprint density at radius 2 is 1.19 bits per heavy atom. The van der Waals surface area contributed by atoms with Crippen molar-refractivity contribution in [2.45, 2.75) is 16.3 Å². The van der Waals surface area contributed by atoms with Crippen LogP contribution in [0.3, 0.4) is 0 Å². The summed E-state index contributed by atoms with van der Waals surface area (Å²) in [4.78, 5) is 38.2. The third-order valence-corrected chi connectivity index (χ3v) is 11.6. The molecule has 0 saturated heterocycles. The number of halogens is 2. The highest BCUT2D eigenvalue weighted by atomic mass is 35.5. The Bertz CT molecular complexity index is 2860. The van der Waals surface area contributed by atoms with Crippen molar-refractivity contribution in [1.29, 1.82) is 10.5 Å². The number of rotatable bonds is 11. The Labute approximate surface area is 347 Å². The highest BCUT2D eigenvalue weighted by Crippen LogP contribution is 2.32. The molecule has 59 heavy (non-hydrogen) atoms. The molecule has 0 amide bonds. The van der Waals surface area contributed by atoms with Gasteiger partial charge in [-0.3, -0.25) is 4.79 Å². The van der Waals surface area contributed by atoms with Crippen LogP contribution in [-0.4, -0.2) is 70.2 Å². The summed E-state index contributed by atoms with van der Waals surface area (Å²) in [6.45, 7) is 0.492. The molecule has 4 aromatic heterocycles. The van der Waals surface area contributed by atoms with Crippen molar-refractivity contribution in [3.8, 4) is 34.7 Å². The maximum absolute atomic E-state index is 13.2. The van der Waals surface area contributed by atoms with Gasteiger partial charge < -0.3 is 15.5 Å². The number of pyridine rings is 2. The topological polar surface area (TPSA) is 255 Å². The van der Waals surface area contributed by atoms with Crippen LogP contribution in [0.15, 0.2) is 132 Å². The molecule has 0 saturated carbocycles. The molecular formula is C39H29Cl2N7O9S2. The van der Waals surface area contributed by atoms with Crippen molar-refractivity contribution < 1.29 is 41.4 Å². The van der Waals surface area contributed by atoms with Gasteiger partial charge in [-0.2, -0.15) is 10.5 Å². The van der Waals surface area contributed by atoms with Crippen molar-refractivity contribution in [3.05, 3.63) is 154 Å². The molecule has 0 spiro atoms. The standard InChI is InChI=1S/C18H15ClN4O2S.C17H10ClN3O3S.C4H4O4/c1-21-11-14-9-17(16-6-3-7-22-18(16)19)23(12-14)26(24,25)15-5-2-4-13(8-15)10-20;18-17-15(5-2-6-20-17)16-8-13(11-22)10-21(16)25(23,24)14-4-1-3-12(7-14)9-19;5-3(6)1-2-4(7)8/h2-9,12,21H,11H2,1H3;1-8,10-11H;1-2H,(H,5,6)(H,7,8)/b;;2-1+. The van der Waals surface area contributed by atoms with Crippen molar-refractivity contribution in [1.82, 2.24) is 23.2 Å². The number of aromatic nitrogens is 4. The first-order valence-corrected chi connectivity index (χ1v) is 20.1. The molecule has 0 bridgehead atoms. The Morgan fingerprint density at radius 1 is 0.729 bits per heavy atom. The number of carbonyl (C=O) groups is 3. The Kier molecular flexibility index (Phi) is 15.2. The number of aldehydes is 1. The van der Waals surface area contributed by atoms with E-state index in [-0.39, 0.29) is 42.5 Å². The minimum atomic E-state index is -4.04. The van der Waals surface area contributed by atoms with Gasteiger partial charge in [0.15, 0.2) is 6.29 Å². The molecule has 6 rings (SSSR count). The van der Waals surface area contributed by atoms with Gasteiger partial charge >= 0.3 is 11.9 Å². The van der Waals surface area contributed by atoms with Crippen LogP contribution in [0.2, 0.25) is 10.3 Å². The van der Waals surface area contributed by atoms with Crippen molar-refractivity contribution >= 4 is 61.5 Å². The average molecular weight is 875 g/mol. The summed E-state index contributed by atoms with van der Waals surface area (Å²) in [6.07, 6.45) is 7.43. The van der Waals surface area contributed by atoms with Gasteiger partial charge in [0.1, 0.15) is 10.3 Å². The van der Waals surface area contributed by atoms with Gasteiger partial charge in [0.2, 0.25) is 0 Å². The molecule has 300 valence electrons.